The van der Waals surface area contributed by atoms with Gasteiger partial charge in [-0.05, 0) is 38.5 Å². The summed E-state index contributed by atoms with van der Waals surface area (Å²) in [7, 11) is 0. The first-order valence-electron chi connectivity index (χ1n) is 12.8. The van der Waals surface area contributed by atoms with Crippen molar-refractivity contribution < 1.29 is 29.0 Å². The predicted molar refractivity (Wildman–Crippen MR) is 127 cm³/mol. The van der Waals surface area contributed by atoms with E-state index in [1.54, 1.807) is 0 Å². The second kappa shape index (κ2) is 18.4. The maximum atomic E-state index is 11.8. The number of aliphatic hydroxyl groups is 1. The first-order chi connectivity index (χ1) is 15.9. The van der Waals surface area contributed by atoms with Crippen LogP contribution in [0.25, 0.3) is 0 Å². The van der Waals surface area contributed by atoms with Crippen LogP contribution >= 0.6 is 0 Å². The number of amides is 1. The molecule has 0 bridgehead atoms. The maximum Gasteiger partial charge on any atom is 0.382 e. The summed E-state index contributed by atoms with van der Waals surface area (Å²) in [6, 6.07) is -0.541. The fourth-order valence-electron chi connectivity index (χ4n) is 3.89. The van der Waals surface area contributed by atoms with Crippen molar-refractivity contribution in [3.63, 3.8) is 0 Å². The van der Waals surface area contributed by atoms with E-state index in [4.69, 9.17) is 0 Å². The Hall–Kier alpha value is -2.02. The summed E-state index contributed by atoms with van der Waals surface area (Å²) in [5, 5.41) is 12.5. The minimum Gasteiger partial charge on any atom is -0.391 e. The summed E-state index contributed by atoms with van der Waals surface area (Å²) in [4.78, 5) is 46.5. The molecule has 1 unspecified atom stereocenters. The van der Waals surface area contributed by atoms with Crippen LogP contribution in [0.15, 0.2) is 12.2 Å². The normalized spacial score (nSPS) is 16.7. The van der Waals surface area contributed by atoms with Gasteiger partial charge < -0.3 is 15.2 Å². The van der Waals surface area contributed by atoms with E-state index in [1.807, 2.05) is 0 Å². The van der Waals surface area contributed by atoms with Crippen LogP contribution in [0.3, 0.4) is 0 Å². The van der Waals surface area contributed by atoms with Crippen molar-refractivity contribution in [1.29, 1.82) is 0 Å². The molecule has 1 aliphatic rings. The number of esters is 2. The lowest BCUT2D eigenvalue weighted by molar-refractivity contribution is -0.165. The largest absolute Gasteiger partial charge is 0.391 e. The highest BCUT2D eigenvalue weighted by molar-refractivity contribution is 6.35. The van der Waals surface area contributed by atoms with E-state index in [1.165, 1.54) is 44.9 Å². The molecule has 1 aliphatic heterocycles. The van der Waals surface area contributed by atoms with Crippen molar-refractivity contribution in [2.45, 2.75) is 128 Å². The lowest BCUT2D eigenvalue weighted by Gasteiger charge is -2.16. The summed E-state index contributed by atoms with van der Waals surface area (Å²) in [5.74, 6) is -3.10. The second-order valence-corrected chi connectivity index (χ2v) is 9.00. The summed E-state index contributed by atoms with van der Waals surface area (Å²) in [6.45, 7) is 2.24. The maximum absolute atomic E-state index is 11.8. The van der Waals surface area contributed by atoms with Crippen molar-refractivity contribution in [2.75, 3.05) is 0 Å². The van der Waals surface area contributed by atoms with Gasteiger partial charge in [0, 0.05) is 19.3 Å². The molecular formula is C26H43NO6. The first-order valence-corrected chi connectivity index (χ1v) is 12.8. The van der Waals surface area contributed by atoms with E-state index in [2.05, 4.69) is 29.1 Å². The highest BCUT2D eigenvalue weighted by atomic mass is 16.6. The molecule has 188 valence electrons. The molecule has 2 N–H and O–H groups in total. The van der Waals surface area contributed by atoms with E-state index >= 15 is 0 Å². The standard InChI is InChI=1S/C26H43NO6/c1-2-3-4-5-6-7-8-9-10-11-12-13-14-15-16-17-25(31)33-26(32)23(29)20-22(28)21-18-19-24(30)27-21/h9-10,21-22,28H,2-8,11-20H2,1H3,(H,27,30)/t21-,22?/m0/s1. The molecule has 0 saturated carbocycles. The Bertz CT molecular complexity index is 630. The van der Waals surface area contributed by atoms with Crippen LogP contribution in [0.2, 0.25) is 0 Å². The number of ether oxygens (including phenoxy) is 1. The molecule has 0 aromatic rings. The van der Waals surface area contributed by atoms with E-state index in [-0.39, 0.29) is 18.7 Å². The number of hydrogen-bond donors (Lipinski definition) is 2. The molecule has 0 aliphatic carbocycles. The van der Waals surface area contributed by atoms with Gasteiger partial charge in [0.25, 0.3) is 0 Å². The van der Waals surface area contributed by atoms with E-state index in [0.717, 1.165) is 32.1 Å². The Kier molecular flexibility index (Phi) is 16.2. The number of nitrogens with one attached hydrogen (secondary N) is 1. The average Bonchev–Trinajstić information content (AvgIpc) is 3.22. The van der Waals surface area contributed by atoms with Gasteiger partial charge in [-0.25, -0.2) is 4.79 Å². The molecule has 0 radical (unpaired) electrons. The lowest BCUT2D eigenvalue weighted by atomic mass is 10.0. The van der Waals surface area contributed by atoms with Crippen molar-refractivity contribution in [1.82, 2.24) is 5.32 Å². The topological polar surface area (TPSA) is 110 Å². The minimum atomic E-state index is -1.24. The van der Waals surface area contributed by atoms with Crippen LogP contribution in [0.1, 0.15) is 116 Å². The summed E-state index contributed by atoms with van der Waals surface area (Å²) >= 11 is 0. The third-order valence-corrected chi connectivity index (χ3v) is 5.96. The fourth-order valence-corrected chi connectivity index (χ4v) is 3.89. The van der Waals surface area contributed by atoms with Gasteiger partial charge in [0.05, 0.1) is 12.1 Å². The monoisotopic (exact) mass is 465 g/mol. The number of rotatable bonds is 19. The zero-order valence-electron chi connectivity index (χ0n) is 20.3. The fraction of sp³-hybridized carbons (Fsp3) is 0.769. The Morgan fingerprint density at radius 3 is 2.12 bits per heavy atom. The molecule has 1 fully saturated rings. The van der Waals surface area contributed by atoms with Crippen LogP contribution in [0.4, 0.5) is 0 Å². The SMILES string of the molecule is CCCCCCCCC=CCCCCCCCC(=O)OC(=O)C(=O)CC(O)[C@@H]1CCC(=O)N1. The number of hydrogen-bond acceptors (Lipinski definition) is 6. The molecule has 1 heterocycles. The number of aliphatic hydroxyl groups excluding tert-OH is 1. The number of carbonyl (C=O) groups excluding carboxylic acids is 4. The molecule has 0 aromatic heterocycles. The minimum absolute atomic E-state index is 0.0956. The Labute approximate surface area is 198 Å². The van der Waals surface area contributed by atoms with Gasteiger partial charge in [-0.15, -0.1) is 0 Å². The highest BCUT2D eigenvalue weighted by Gasteiger charge is 2.31. The van der Waals surface area contributed by atoms with Gasteiger partial charge in [-0.3, -0.25) is 14.4 Å². The van der Waals surface area contributed by atoms with Crippen molar-refractivity contribution in [3.05, 3.63) is 12.2 Å². The molecule has 1 saturated heterocycles. The van der Waals surface area contributed by atoms with Crippen LogP contribution < -0.4 is 5.32 Å². The summed E-state index contributed by atoms with van der Waals surface area (Å²) < 4.78 is 4.58. The van der Waals surface area contributed by atoms with E-state index in [9.17, 15) is 24.3 Å². The third-order valence-electron chi connectivity index (χ3n) is 5.96. The predicted octanol–water partition coefficient (Wildman–Crippen LogP) is 4.69. The zero-order valence-corrected chi connectivity index (χ0v) is 20.3. The quantitative estimate of drug-likeness (QED) is 0.0941. The molecular weight excluding hydrogens is 422 g/mol. The van der Waals surface area contributed by atoms with Crippen LogP contribution in [-0.2, 0) is 23.9 Å². The Morgan fingerprint density at radius 1 is 0.970 bits per heavy atom. The van der Waals surface area contributed by atoms with Crippen molar-refractivity contribution >= 4 is 23.6 Å². The summed E-state index contributed by atoms with van der Waals surface area (Å²) in [6.07, 6.45) is 18.7. The molecule has 33 heavy (non-hydrogen) atoms. The van der Waals surface area contributed by atoms with Crippen molar-refractivity contribution in [3.8, 4) is 0 Å². The Balaban J connectivity index is 1.96. The number of unbranched alkanes of at least 4 members (excludes halogenated alkanes) is 11. The van der Waals surface area contributed by atoms with Crippen LogP contribution in [-0.4, -0.2) is 40.9 Å². The molecule has 7 nitrogen and oxygen atoms in total. The van der Waals surface area contributed by atoms with Crippen LogP contribution in [0.5, 0.6) is 0 Å². The number of Topliss-reactive ketones (excluding diaryl/α,β-unsaturated/α-hetero) is 1. The van der Waals surface area contributed by atoms with E-state index in [0.29, 0.717) is 12.8 Å². The summed E-state index contributed by atoms with van der Waals surface area (Å²) in [5.41, 5.74) is 0. The smallest absolute Gasteiger partial charge is 0.382 e. The van der Waals surface area contributed by atoms with Crippen molar-refractivity contribution in [2.24, 2.45) is 0 Å². The third kappa shape index (κ3) is 14.7. The van der Waals surface area contributed by atoms with Gasteiger partial charge in [0.15, 0.2) is 0 Å². The zero-order chi connectivity index (χ0) is 24.3. The number of ketones is 1. The molecule has 2 atom stereocenters. The van der Waals surface area contributed by atoms with Gasteiger partial charge in [0.2, 0.25) is 11.7 Å². The second-order valence-electron chi connectivity index (χ2n) is 9.00. The molecule has 1 rings (SSSR count). The molecule has 1 amide bonds. The van der Waals surface area contributed by atoms with Gasteiger partial charge in [-0.2, -0.15) is 0 Å². The van der Waals surface area contributed by atoms with Gasteiger partial charge in [-0.1, -0.05) is 70.4 Å². The van der Waals surface area contributed by atoms with Crippen LogP contribution in [0, 0.1) is 0 Å². The first kappa shape index (κ1) is 29.0. The lowest BCUT2D eigenvalue weighted by Crippen LogP contribution is -2.39. The highest BCUT2D eigenvalue weighted by Crippen LogP contribution is 2.14. The van der Waals surface area contributed by atoms with E-state index < -0.39 is 36.3 Å². The van der Waals surface area contributed by atoms with Gasteiger partial charge >= 0.3 is 11.9 Å². The average molecular weight is 466 g/mol. The van der Waals surface area contributed by atoms with Gasteiger partial charge in [0.1, 0.15) is 0 Å². The Morgan fingerprint density at radius 2 is 1.55 bits per heavy atom. The molecule has 7 heteroatoms. The number of allylic oxidation sites excluding steroid dienone is 2. The molecule has 0 spiro atoms. The molecule has 0 aromatic carbocycles. The number of carbonyl (C=O) groups is 4.